The highest BCUT2D eigenvalue weighted by Gasteiger charge is 2.54. The number of carbonyl (C=O) groups is 2. The largest absolute Gasteiger partial charge is 0.331 e. The molecule has 2 aromatic rings. The first-order valence-electron chi connectivity index (χ1n) is 7.69. The molecule has 0 bridgehead atoms. The summed E-state index contributed by atoms with van der Waals surface area (Å²) in [6, 6.07) is 8.17. The van der Waals surface area contributed by atoms with E-state index in [2.05, 4.69) is 11.0 Å². The first-order chi connectivity index (χ1) is 10.2. The number of nitrogens with zero attached hydrogens (tertiary/aromatic N) is 2. The standard InChI is InChI=1S/C17H16N2O2/c20-14-5-8-17-9-6-15(21)19-13-4-2-1-3-11(13)12(16(17)19)7-10-18(14)17/h1-4H,5-10H2. The van der Waals surface area contributed by atoms with Crippen molar-refractivity contribution in [1.82, 2.24) is 9.47 Å². The summed E-state index contributed by atoms with van der Waals surface area (Å²) in [5, 5.41) is 1.20. The molecule has 1 atom stereocenters. The second-order valence-corrected chi connectivity index (χ2v) is 6.40. The summed E-state index contributed by atoms with van der Waals surface area (Å²) >= 11 is 0. The smallest absolute Gasteiger partial charge is 0.231 e. The second-order valence-electron chi connectivity index (χ2n) is 6.40. The molecule has 4 heteroatoms. The Kier molecular flexibility index (Phi) is 1.96. The number of fused-ring (bicyclic) bond motifs is 3. The van der Waals surface area contributed by atoms with E-state index in [4.69, 9.17) is 0 Å². The van der Waals surface area contributed by atoms with Gasteiger partial charge in [0.25, 0.3) is 0 Å². The predicted octanol–water partition coefficient (Wildman–Crippen LogP) is 2.45. The number of carbonyl (C=O) groups excluding carboxylic acids is 2. The Morgan fingerprint density at radius 1 is 0.952 bits per heavy atom. The van der Waals surface area contributed by atoms with Crippen LogP contribution in [0, 0.1) is 0 Å². The van der Waals surface area contributed by atoms with E-state index >= 15 is 0 Å². The molecule has 0 saturated carbocycles. The fraction of sp³-hybridized carbons (Fsp3) is 0.412. The van der Waals surface area contributed by atoms with Gasteiger partial charge < -0.3 is 4.90 Å². The average Bonchev–Trinajstić information content (AvgIpc) is 3.02. The summed E-state index contributed by atoms with van der Waals surface area (Å²) in [6.07, 6.45) is 3.68. The zero-order chi connectivity index (χ0) is 14.2. The summed E-state index contributed by atoms with van der Waals surface area (Å²) in [5.74, 6) is 0.436. The Labute approximate surface area is 122 Å². The molecule has 4 nitrogen and oxygen atoms in total. The Hall–Kier alpha value is -2.10. The van der Waals surface area contributed by atoms with Gasteiger partial charge >= 0.3 is 0 Å². The number of hydrogen-bond acceptors (Lipinski definition) is 2. The molecule has 0 radical (unpaired) electrons. The van der Waals surface area contributed by atoms with Gasteiger partial charge in [-0.1, -0.05) is 18.2 Å². The Morgan fingerprint density at radius 2 is 1.71 bits per heavy atom. The van der Waals surface area contributed by atoms with Gasteiger partial charge in [-0.2, -0.15) is 0 Å². The maximum atomic E-state index is 12.5. The normalized spacial score (nSPS) is 27.1. The van der Waals surface area contributed by atoms with E-state index in [1.54, 1.807) is 0 Å². The van der Waals surface area contributed by atoms with Gasteiger partial charge in [0.1, 0.15) is 0 Å². The molecule has 1 saturated heterocycles. The summed E-state index contributed by atoms with van der Waals surface area (Å²) < 4.78 is 1.92. The molecule has 21 heavy (non-hydrogen) atoms. The lowest BCUT2D eigenvalue weighted by Crippen LogP contribution is -2.51. The number of benzene rings is 1. The van der Waals surface area contributed by atoms with Gasteiger partial charge in [0, 0.05) is 24.8 Å². The van der Waals surface area contributed by atoms with E-state index in [-0.39, 0.29) is 17.4 Å². The molecular formula is C17H16N2O2. The van der Waals surface area contributed by atoms with E-state index in [9.17, 15) is 9.59 Å². The van der Waals surface area contributed by atoms with Crippen LogP contribution in [0.5, 0.6) is 0 Å². The number of amides is 1. The van der Waals surface area contributed by atoms with Crippen molar-refractivity contribution in [2.75, 3.05) is 6.54 Å². The molecule has 1 aromatic heterocycles. The zero-order valence-electron chi connectivity index (χ0n) is 11.8. The van der Waals surface area contributed by atoms with Crippen LogP contribution in [0.1, 0.15) is 41.7 Å². The number of para-hydroxylation sites is 1. The van der Waals surface area contributed by atoms with Crippen LogP contribution >= 0.6 is 0 Å². The van der Waals surface area contributed by atoms with Gasteiger partial charge in [0.15, 0.2) is 0 Å². The van der Waals surface area contributed by atoms with Crippen molar-refractivity contribution in [3.63, 3.8) is 0 Å². The molecule has 0 N–H and O–H groups in total. The molecule has 106 valence electrons. The van der Waals surface area contributed by atoms with E-state index in [0.29, 0.717) is 12.8 Å². The molecule has 1 fully saturated rings. The molecule has 3 aliphatic heterocycles. The van der Waals surface area contributed by atoms with Crippen molar-refractivity contribution >= 4 is 22.7 Å². The molecule has 1 unspecified atom stereocenters. The van der Waals surface area contributed by atoms with Crippen LogP contribution in [0.15, 0.2) is 24.3 Å². The van der Waals surface area contributed by atoms with Gasteiger partial charge in [-0.3, -0.25) is 14.2 Å². The van der Waals surface area contributed by atoms with E-state index in [1.807, 2.05) is 22.8 Å². The van der Waals surface area contributed by atoms with Crippen molar-refractivity contribution in [2.45, 2.75) is 37.6 Å². The van der Waals surface area contributed by atoms with Gasteiger partial charge in [-0.25, -0.2) is 0 Å². The molecule has 5 rings (SSSR count). The van der Waals surface area contributed by atoms with E-state index in [1.165, 1.54) is 10.9 Å². The highest BCUT2D eigenvalue weighted by Crippen LogP contribution is 2.51. The van der Waals surface area contributed by atoms with Crippen LogP contribution in [-0.2, 0) is 16.8 Å². The highest BCUT2D eigenvalue weighted by molar-refractivity contribution is 5.98. The van der Waals surface area contributed by atoms with E-state index < -0.39 is 0 Å². The van der Waals surface area contributed by atoms with Gasteiger partial charge in [-0.05, 0) is 30.9 Å². The Morgan fingerprint density at radius 3 is 2.57 bits per heavy atom. The summed E-state index contributed by atoms with van der Waals surface area (Å²) in [6.45, 7) is 0.800. The molecule has 1 amide bonds. The lowest BCUT2D eigenvalue weighted by Gasteiger charge is -2.45. The number of rotatable bonds is 0. The SMILES string of the molecule is O=C1CCC23CCC(=O)n4c2c(c2ccccc24)CCN13. The number of hydrogen-bond donors (Lipinski definition) is 0. The van der Waals surface area contributed by atoms with Crippen LogP contribution in [0.3, 0.4) is 0 Å². The lowest BCUT2D eigenvalue weighted by molar-refractivity contribution is -0.132. The minimum atomic E-state index is -0.211. The van der Waals surface area contributed by atoms with Crippen LogP contribution < -0.4 is 0 Å². The minimum absolute atomic E-state index is 0.180. The third-order valence-electron chi connectivity index (χ3n) is 5.58. The van der Waals surface area contributed by atoms with Crippen molar-refractivity contribution < 1.29 is 9.59 Å². The monoisotopic (exact) mass is 280 g/mol. The Bertz CT molecular complexity index is 820. The maximum Gasteiger partial charge on any atom is 0.231 e. The molecule has 3 aliphatic rings. The van der Waals surface area contributed by atoms with Crippen LogP contribution in [-0.4, -0.2) is 27.8 Å². The molecule has 0 aliphatic carbocycles. The number of aromatic nitrogens is 1. The third-order valence-corrected chi connectivity index (χ3v) is 5.58. The van der Waals surface area contributed by atoms with Crippen molar-refractivity contribution in [3.05, 3.63) is 35.5 Å². The van der Waals surface area contributed by atoms with Crippen LogP contribution in [0.4, 0.5) is 0 Å². The quantitative estimate of drug-likeness (QED) is 0.744. The fourth-order valence-corrected chi connectivity index (χ4v) is 4.74. The molecule has 1 spiro atoms. The van der Waals surface area contributed by atoms with Gasteiger partial charge in [-0.15, -0.1) is 0 Å². The van der Waals surface area contributed by atoms with Crippen LogP contribution in [0.25, 0.3) is 10.9 Å². The van der Waals surface area contributed by atoms with E-state index in [0.717, 1.165) is 37.0 Å². The van der Waals surface area contributed by atoms with Gasteiger partial charge in [0.2, 0.25) is 11.8 Å². The second kappa shape index (κ2) is 3.56. The molecule has 1 aromatic carbocycles. The van der Waals surface area contributed by atoms with Crippen LogP contribution in [0.2, 0.25) is 0 Å². The maximum absolute atomic E-state index is 12.5. The third kappa shape index (κ3) is 1.18. The topological polar surface area (TPSA) is 42.3 Å². The van der Waals surface area contributed by atoms with Gasteiger partial charge in [0.05, 0.1) is 16.7 Å². The van der Waals surface area contributed by atoms with Crippen molar-refractivity contribution in [1.29, 1.82) is 0 Å². The summed E-state index contributed by atoms with van der Waals surface area (Å²) in [7, 11) is 0. The first kappa shape index (κ1) is 11.5. The first-order valence-corrected chi connectivity index (χ1v) is 7.69. The van der Waals surface area contributed by atoms with Crippen molar-refractivity contribution in [3.8, 4) is 0 Å². The molecular weight excluding hydrogens is 264 g/mol. The highest BCUT2D eigenvalue weighted by atomic mass is 16.2. The average molecular weight is 280 g/mol. The minimum Gasteiger partial charge on any atom is -0.331 e. The predicted molar refractivity (Wildman–Crippen MR) is 78.1 cm³/mol. The fourth-order valence-electron chi connectivity index (χ4n) is 4.74. The Balaban J connectivity index is 1.93. The zero-order valence-corrected chi connectivity index (χ0v) is 11.8. The lowest BCUT2D eigenvalue weighted by atomic mass is 9.79. The van der Waals surface area contributed by atoms with Crippen molar-refractivity contribution in [2.24, 2.45) is 0 Å². The summed E-state index contributed by atoms with van der Waals surface area (Å²) in [5.41, 5.74) is 3.23. The summed E-state index contributed by atoms with van der Waals surface area (Å²) in [4.78, 5) is 26.8. The molecule has 4 heterocycles.